The highest BCUT2D eigenvalue weighted by atomic mass is 16.5. The lowest BCUT2D eigenvalue weighted by Gasteiger charge is -2.12. The summed E-state index contributed by atoms with van der Waals surface area (Å²) in [7, 11) is 0. The number of ether oxygens (including phenoxy) is 1. The molecule has 2 rings (SSSR count). The largest absolute Gasteiger partial charge is 0.456 e. The van der Waals surface area contributed by atoms with Crippen LogP contribution >= 0.6 is 0 Å². The second-order valence-corrected chi connectivity index (χ2v) is 3.97. The van der Waals surface area contributed by atoms with Gasteiger partial charge in [0.15, 0.2) is 0 Å². The molecule has 3 N–H and O–H groups in total. The van der Waals surface area contributed by atoms with Gasteiger partial charge in [-0.3, -0.25) is 5.41 Å². The minimum Gasteiger partial charge on any atom is -0.456 e. The molecule has 3 heteroatoms. The molecule has 0 saturated carbocycles. The first-order chi connectivity index (χ1) is 8.72. The van der Waals surface area contributed by atoms with Crippen LogP contribution in [0, 0.1) is 5.41 Å². The smallest absolute Gasteiger partial charge is 0.138 e. The normalized spacial score (nSPS) is 10.1. The first kappa shape index (κ1) is 12.2. The molecule has 3 nitrogen and oxygen atoms in total. The van der Waals surface area contributed by atoms with Crippen molar-refractivity contribution in [3.63, 3.8) is 0 Å². The molecule has 0 bridgehead atoms. The molecule has 92 valence electrons. The maximum absolute atomic E-state index is 7.54. The Bertz CT molecular complexity index is 564. The molecule has 0 amide bonds. The minimum atomic E-state index is 0.0135. The third-order valence-corrected chi connectivity index (χ3v) is 2.75. The van der Waals surface area contributed by atoms with Gasteiger partial charge in [-0.25, -0.2) is 0 Å². The number of hydrogen-bond acceptors (Lipinski definition) is 2. The van der Waals surface area contributed by atoms with Crippen LogP contribution in [-0.4, -0.2) is 5.84 Å². The second-order valence-electron chi connectivity index (χ2n) is 3.97. The fourth-order valence-corrected chi connectivity index (χ4v) is 1.79. The summed E-state index contributed by atoms with van der Waals surface area (Å²) in [6.45, 7) is 2.08. The molecule has 2 aromatic rings. The number of benzene rings is 2. The number of nitrogen functional groups attached to an aromatic ring is 1. The molecule has 0 atom stereocenters. The van der Waals surface area contributed by atoms with Crippen LogP contribution < -0.4 is 10.5 Å². The zero-order chi connectivity index (χ0) is 13.0. The van der Waals surface area contributed by atoms with Crippen molar-refractivity contribution in [2.24, 2.45) is 5.73 Å². The third kappa shape index (κ3) is 2.51. The number of hydrogen-bond donors (Lipinski definition) is 2. The van der Waals surface area contributed by atoms with Crippen molar-refractivity contribution in [2.45, 2.75) is 13.3 Å². The zero-order valence-electron chi connectivity index (χ0n) is 10.3. The maximum atomic E-state index is 7.54. The highest BCUT2D eigenvalue weighted by Gasteiger charge is 2.08. The summed E-state index contributed by atoms with van der Waals surface area (Å²) in [5.41, 5.74) is 7.29. The van der Waals surface area contributed by atoms with Crippen LogP contribution in [0.15, 0.2) is 48.5 Å². The van der Waals surface area contributed by atoms with Crippen molar-refractivity contribution in [1.82, 2.24) is 0 Å². The molecule has 0 unspecified atom stereocenters. The Morgan fingerprint density at radius 3 is 2.33 bits per heavy atom. The first-order valence-corrected chi connectivity index (χ1v) is 5.91. The number of para-hydroxylation sites is 2. The lowest BCUT2D eigenvalue weighted by atomic mass is 10.1. The van der Waals surface area contributed by atoms with Gasteiger partial charge in [0.2, 0.25) is 0 Å². The maximum Gasteiger partial charge on any atom is 0.138 e. The van der Waals surface area contributed by atoms with Crippen LogP contribution in [0.3, 0.4) is 0 Å². The third-order valence-electron chi connectivity index (χ3n) is 2.75. The van der Waals surface area contributed by atoms with E-state index in [1.54, 1.807) is 6.07 Å². The quantitative estimate of drug-likeness (QED) is 0.636. The molecule has 0 radical (unpaired) electrons. The Labute approximate surface area is 107 Å². The molecule has 0 aliphatic heterocycles. The molecule has 0 heterocycles. The fourth-order valence-electron chi connectivity index (χ4n) is 1.79. The van der Waals surface area contributed by atoms with Crippen LogP contribution in [-0.2, 0) is 6.42 Å². The summed E-state index contributed by atoms with van der Waals surface area (Å²) in [4.78, 5) is 0. The number of nitrogens with two attached hydrogens (primary N) is 1. The van der Waals surface area contributed by atoms with Gasteiger partial charge >= 0.3 is 0 Å². The Kier molecular flexibility index (Phi) is 3.63. The number of aryl methyl sites for hydroxylation is 1. The minimum absolute atomic E-state index is 0.0135. The lowest BCUT2D eigenvalue weighted by molar-refractivity contribution is 0.476. The Morgan fingerprint density at radius 1 is 1.06 bits per heavy atom. The van der Waals surface area contributed by atoms with Crippen LogP contribution in [0.25, 0.3) is 0 Å². The van der Waals surface area contributed by atoms with Gasteiger partial charge in [0, 0.05) is 0 Å². The van der Waals surface area contributed by atoms with Crippen LogP contribution in [0.4, 0.5) is 0 Å². The average molecular weight is 240 g/mol. The molecule has 0 aliphatic carbocycles. The van der Waals surface area contributed by atoms with Crippen LogP contribution in [0.2, 0.25) is 0 Å². The Balaban J connectivity index is 2.37. The standard InChI is InChI=1S/C15H16N2O/c1-2-11-7-3-5-9-13(11)18-14-10-6-4-8-12(14)15(16)17/h3-10H,2H2,1H3,(H3,16,17). The average Bonchev–Trinajstić information content (AvgIpc) is 2.40. The lowest BCUT2D eigenvalue weighted by Crippen LogP contribution is -2.12. The second kappa shape index (κ2) is 5.36. The first-order valence-electron chi connectivity index (χ1n) is 5.91. The summed E-state index contributed by atoms with van der Waals surface area (Å²) in [6, 6.07) is 15.2. The Hall–Kier alpha value is -2.29. The van der Waals surface area contributed by atoms with E-state index in [4.69, 9.17) is 15.9 Å². The van der Waals surface area contributed by atoms with E-state index < -0.39 is 0 Å². The van der Waals surface area contributed by atoms with E-state index in [1.165, 1.54) is 0 Å². The molecule has 18 heavy (non-hydrogen) atoms. The van der Waals surface area contributed by atoms with Crippen molar-refractivity contribution in [3.05, 3.63) is 59.7 Å². The highest BCUT2D eigenvalue weighted by molar-refractivity contribution is 5.97. The molecule has 0 aliphatic rings. The Morgan fingerprint density at radius 2 is 1.67 bits per heavy atom. The van der Waals surface area contributed by atoms with Crippen LogP contribution in [0.1, 0.15) is 18.1 Å². The van der Waals surface area contributed by atoms with Gasteiger partial charge in [0.1, 0.15) is 17.3 Å². The topological polar surface area (TPSA) is 59.1 Å². The van der Waals surface area contributed by atoms with E-state index in [2.05, 4.69) is 6.92 Å². The van der Waals surface area contributed by atoms with E-state index in [9.17, 15) is 0 Å². The summed E-state index contributed by atoms with van der Waals surface area (Å²) in [6.07, 6.45) is 0.901. The van der Waals surface area contributed by atoms with Crippen LogP contribution in [0.5, 0.6) is 11.5 Å². The molecule has 2 aromatic carbocycles. The van der Waals surface area contributed by atoms with Crippen molar-refractivity contribution < 1.29 is 4.74 Å². The molecular formula is C15H16N2O. The summed E-state index contributed by atoms with van der Waals surface area (Å²) in [5, 5.41) is 7.54. The SMILES string of the molecule is CCc1ccccc1Oc1ccccc1C(=N)N. The predicted molar refractivity (Wildman–Crippen MR) is 73.4 cm³/mol. The van der Waals surface area contributed by atoms with E-state index >= 15 is 0 Å². The fraction of sp³-hybridized carbons (Fsp3) is 0.133. The molecule has 0 aromatic heterocycles. The molecular weight excluding hydrogens is 224 g/mol. The van der Waals surface area contributed by atoms with Gasteiger partial charge in [0.05, 0.1) is 5.56 Å². The highest BCUT2D eigenvalue weighted by Crippen LogP contribution is 2.28. The van der Waals surface area contributed by atoms with Crippen molar-refractivity contribution in [3.8, 4) is 11.5 Å². The summed E-state index contributed by atoms with van der Waals surface area (Å²) < 4.78 is 5.87. The van der Waals surface area contributed by atoms with Gasteiger partial charge in [-0.15, -0.1) is 0 Å². The summed E-state index contributed by atoms with van der Waals surface area (Å²) >= 11 is 0. The van der Waals surface area contributed by atoms with E-state index in [-0.39, 0.29) is 5.84 Å². The zero-order valence-corrected chi connectivity index (χ0v) is 10.3. The van der Waals surface area contributed by atoms with Gasteiger partial charge in [-0.2, -0.15) is 0 Å². The monoisotopic (exact) mass is 240 g/mol. The van der Waals surface area contributed by atoms with Gasteiger partial charge in [-0.1, -0.05) is 37.3 Å². The van der Waals surface area contributed by atoms with Gasteiger partial charge < -0.3 is 10.5 Å². The number of rotatable bonds is 4. The van der Waals surface area contributed by atoms with E-state index in [1.807, 2.05) is 42.5 Å². The van der Waals surface area contributed by atoms with E-state index in [0.717, 1.165) is 17.7 Å². The molecule has 0 fully saturated rings. The van der Waals surface area contributed by atoms with Crippen molar-refractivity contribution in [2.75, 3.05) is 0 Å². The number of nitrogens with one attached hydrogen (secondary N) is 1. The van der Waals surface area contributed by atoms with Crippen molar-refractivity contribution in [1.29, 1.82) is 5.41 Å². The van der Waals surface area contributed by atoms with Gasteiger partial charge in [0.25, 0.3) is 0 Å². The van der Waals surface area contributed by atoms with Crippen molar-refractivity contribution >= 4 is 5.84 Å². The number of amidine groups is 1. The molecule has 0 saturated heterocycles. The summed E-state index contributed by atoms with van der Waals surface area (Å²) in [5.74, 6) is 1.44. The van der Waals surface area contributed by atoms with Gasteiger partial charge in [-0.05, 0) is 30.2 Å². The van der Waals surface area contributed by atoms with E-state index in [0.29, 0.717) is 11.3 Å². The predicted octanol–water partition coefficient (Wildman–Crippen LogP) is 3.33. The molecule has 0 spiro atoms.